The van der Waals surface area contributed by atoms with Crippen molar-refractivity contribution in [1.29, 1.82) is 0 Å². The second-order valence-corrected chi connectivity index (χ2v) is 6.23. The average molecular weight is 399 g/mol. The Kier molecular flexibility index (Phi) is 7.13. The van der Waals surface area contributed by atoms with Crippen LogP contribution in [0.5, 0.6) is 0 Å². The first-order valence-electron chi connectivity index (χ1n) is 6.17. The van der Waals surface area contributed by atoms with Gasteiger partial charge in [-0.1, -0.05) is 56.1 Å². The zero-order chi connectivity index (χ0) is 15.1. The SMILES string of the molecule is CC(=O)c1ccc(Br)cc1.CC(N)c1ccc(Br)cc1. The summed E-state index contributed by atoms with van der Waals surface area (Å²) in [7, 11) is 0. The van der Waals surface area contributed by atoms with Crippen molar-refractivity contribution in [2.45, 2.75) is 19.9 Å². The van der Waals surface area contributed by atoms with E-state index in [2.05, 4.69) is 31.9 Å². The van der Waals surface area contributed by atoms with Crippen molar-refractivity contribution in [2.75, 3.05) is 0 Å². The molecule has 0 aliphatic carbocycles. The summed E-state index contributed by atoms with van der Waals surface area (Å²) in [5, 5.41) is 0. The minimum absolute atomic E-state index is 0.104. The minimum atomic E-state index is 0.104. The Balaban J connectivity index is 0.000000200. The molecule has 2 aromatic rings. The average Bonchev–Trinajstić information content (AvgIpc) is 2.40. The molecule has 4 heteroatoms. The third kappa shape index (κ3) is 5.99. The maximum Gasteiger partial charge on any atom is 0.159 e. The summed E-state index contributed by atoms with van der Waals surface area (Å²) in [5.41, 5.74) is 7.57. The number of carbonyl (C=O) groups is 1. The number of hydrogen-bond donors (Lipinski definition) is 1. The molecule has 0 amide bonds. The lowest BCUT2D eigenvalue weighted by molar-refractivity contribution is 0.101. The summed E-state index contributed by atoms with van der Waals surface area (Å²) in [6.45, 7) is 3.53. The van der Waals surface area contributed by atoms with Crippen molar-refractivity contribution in [2.24, 2.45) is 5.73 Å². The number of Topliss-reactive ketones (excluding diaryl/α,β-unsaturated/α-hetero) is 1. The molecule has 20 heavy (non-hydrogen) atoms. The summed E-state index contributed by atoms with van der Waals surface area (Å²) in [5.74, 6) is 0.104. The first kappa shape index (κ1) is 17.1. The van der Waals surface area contributed by atoms with Crippen LogP contribution in [0.3, 0.4) is 0 Å². The second kappa shape index (κ2) is 8.35. The monoisotopic (exact) mass is 397 g/mol. The quantitative estimate of drug-likeness (QED) is 0.713. The van der Waals surface area contributed by atoms with Crippen molar-refractivity contribution in [3.63, 3.8) is 0 Å². The zero-order valence-corrected chi connectivity index (χ0v) is 14.6. The molecule has 2 aromatic carbocycles. The van der Waals surface area contributed by atoms with Crippen molar-refractivity contribution < 1.29 is 4.79 Å². The molecule has 1 unspecified atom stereocenters. The van der Waals surface area contributed by atoms with Gasteiger partial charge in [-0.05, 0) is 43.7 Å². The van der Waals surface area contributed by atoms with Crippen LogP contribution < -0.4 is 5.73 Å². The molecule has 0 aromatic heterocycles. The van der Waals surface area contributed by atoms with Crippen LogP contribution in [0.4, 0.5) is 0 Å². The minimum Gasteiger partial charge on any atom is -0.324 e. The number of rotatable bonds is 2. The van der Waals surface area contributed by atoms with Gasteiger partial charge >= 0.3 is 0 Å². The van der Waals surface area contributed by atoms with Crippen LogP contribution >= 0.6 is 31.9 Å². The van der Waals surface area contributed by atoms with Gasteiger partial charge in [0.25, 0.3) is 0 Å². The van der Waals surface area contributed by atoms with Crippen LogP contribution in [-0.2, 0) is 0 Å². The van der Waals surface area contributed by atoms with Crippen LogP contribution in [0.25, 0.3) is 0 Å². The lowest BCUT2D eigenvalue weighted by Crippen LogP contribution is -2.03. The van der Waals surface area contributed by atoms with Crippen LogP contribution in [0, 0.1) is 0 Å². The normalized spacial score (nSPS) is 11.2. The summed E-state index contributed by atoms with van der Waals surface area (Å²) < 4.78 is 2.09. The number of benzene rings is 2. The van der Waals surface area contributed by atoms with Crippen molar-refractivity contribution >= 4 is 37.6 Å². The Morgan fingerprint density at radius 1 is 0.950 bits per heavy atom. The fraction of sp³-hybridized carbons (Fsp3) is 0.188. The van der Waals surface area contributed by atoms with E-state index in [1.165, 1.54) is 5.56 Å². The topological polar surface area (TPSA) is 43.1 Å². The molecule has 106 valence electrons. The van der Waals surface area contributed by atoms with Gasteiger partial charge in [0.15, 0.2) is 5.78 Å². The van der Waals surface area contributed by atoms with Crippen LogP contribution in [0.1, 0.15) is 35.8 Å². The van der Waals surface area contributed by atoms with Gasteiger partial charge in [0.05, 0.1) is 0 Å². The van der Waals surface area contributed by atoms with E-state index in [1.54, 1.807) is 19.1 Å². The Hall–Kier alpha value is -0.970. The van der Waals surface area contributed by atoms with E-state index in [0.29, 0.717) is 0 Å². The van der Waals surface area contributed by atoms with Crippen LogP contribution in [-0.4, -0.2) is 5.78 Å². The molecule has 0 saturated heterocycles. The van der Waals surface area contributed by atoms with Gasteiger partial charge in [-0.15, -0.1) is 0 Å². The lowest BCUT2D eigenvalue weighted by atomic mass is 10.1. The highest BCUT2D eigenvalue weighted by atomic mass is 79.9. The first-order chi connectivity index (χ1) is 9.40. The van der Waals surface area contributed by atoms with Gasteiger partial charge < -0.3 is 5.73 Å². The highest BCUT2D eigenvalue weighted by Gasteiger charge is 1.96. The molecule has 0 radical (unpaired) electrons. The molecule has 0 saturated carbocycles. The van der Waals surface area contributed by atoms with Crippen molar-refractivity contribution in [3.05, 3.63) is 68.6 Å². The number of carbonyl (C=O) groups excluding carboxylic acids is 1. The first-order valence-corrected chi connectivity index (χ1v) is 7.76. The highest BCUT2D eigenvalue weighted by Crippen LogP contribution is 2.14. The Bertz CT molecular complexity index is 548. The zero-order valence-electron chi connectivity index (χ0n) is 11.4. The van der Waals surface area contributed by atoms with Gasteiger partial charge in [0, 0.05) is 20.6 Å². The number of nitrogens with two attached hydrogens (primary N) is 1. The van der Waals surface area contributed by atoms with Crippen molar-refractivity contribution in [1.82, 2.24) is 0 Å². The van der Waals surface area contributed by atoms with Crippen molar-refractivity contribution in [3.8, 4) is 0 Å². The van der Waals surface area contributed by atoms with Crippen LogP contribution in [0.2, 0.25) is 0 Å². The summed E-state index contributed by atoms with van der Waals surface area (Å²) >= 11 is 6.64. The smallest absolute Gasteiger partial charge is 0.159 e. The number of ketones is 1. The molecule has 0 spiro atoms. The summed E-state index contributed by atoms with van der Waals surface area (Å²) in [6.07, 6.45) is 0. The Morgan fingerprint density at radius 2 is 1.35 bits per heavy atom. The maximum atomic E-state index is 10.7. The molecule has 2 rings (SSSR count). The predicted molar refractivity (Wildman–Crippen MR) is 90.9 cm³/mol. The molecular weight excluding hydrogens is 382 g/mol. The molecule has 0 heterocycles. The number of halogens is 2. The fourth-order valence-electron chi connectivity index (χ4n) is 1.45. The largest absolute Gasteiger partial charge is 0.324 e. The highest BCUT2D eigenvalue weighted by molar-refractivity contribution is 9.10. The Labute approximate surface area is 136 Å². The van der Waals surface area contributed by atoms with Gasteiger partial charge in [0.1, 0.15) is 0 Å². The molecule has 0 aliphatic heterocycles. The van der Waals surface area contributed by atoms with E-state index in [0.717, 1.165) is 14.5 Å². The van der Waals surface area contributed by atoms with E-state index in [-0.39, 0.29) is 11.8 Å². The van der Waals surface area contributed by atoms with Gasteiger partial charge in [-0.2, -0.15) is 0 Å². The molecule has 0 fully saturated rings. The second-order valence-electron chi connectivity index (χ2n) is 4.40. The van der Waals surface area contributed by atoms with E-state index in [4.69, 9.17) is 5.73 Å². The van der Waals surface area contributed by atoms with E-state index in [1.807, 2.05) is 43.3 Å². The third-order valence-electron chi connectivity index (χ3n) is 2.65. The molecule has 0 bridgehead atoms. The number of hydrogen-bond acceptors (Lipinski definition) is 2. The maximum absolute atomic E-state index is 10.7. The lowest BCUT2D eigenvalue weighted by Gasteiger charge is -2.03. The standard InChI is InChI=1S/C8H10BrN.C8H7BrO/c2*1-6(10)7-2-4-8(9)5-3-7/h2-6H,10H2,1H3;2-5H,1H3. The van der Waals surface area contributed by atoms with E-state index in [9.17, 15) is 4.79 Å². The molecule has 2 nitrogen and oxygen atoms in total. The van der Waals surface area contributed by atoms with Gasteiger partial charge in [0.2, 0.25) is 0 Å². The molecular formula is C16H17Br2NO. The molecule has 0 aliphatic rings. The summed E-state index contributed by atoms with van der Waals surface area (Å²) in [4.78, 5) is 10.7. The Morgan fingerprint density at radius 3 is 1.70 bits per heavy atom. The third-order valence-corrected chi connectivity index (χ3v) is 3.70. The predicted octanol–water partition coefficient (Wildman–Crippen LogP) is 5.12. The fourth-order valence-corrected chi connectivity index (χ4v) is 1.98. The van der Waals surface area contributed by atoms with E-state index < -0.39 is 0 Å². The van der Waals surface area contributed by atoms with E-state index >= 15 is 0 Å². The van der Waals surface area contributed by atoms with Gasteiger partial charge in [-0.25, -0.2) is 0 Å². The van der Waals surface area contributed by atoms with Crippen LogP contribution in [0.15, 0.2) is 57.5 Å². The summed E-state index contributed by atoms with van der Waals surface area (Å²) in [6, 6.07) is 15.5. The van der Waals surface area contributed by atoms with Gasteiger partial charge in [-0.3, -0.25) is 4.79 Å². The molecule has 1 atom stereocenters. The molecule has 2 N–H and O–H groups in total.